The number of esters is 2. The van der Waals surface area contributed by atoms with E-state index < -0.39 is 11.9 Å². The molecular weight excluding hydrogens is 453 g/mol. The minimum atomic E-state index is -0.437. The second-order valence-electron chi connectivity index (χ2n) is 5.74. The van der Waals surface area contributed by atoms with Crippen LogP contribution >= 0.6 is 34.8 Å². The summed E-state index contributed by atoms with van der Waals surface area (Å²) in [6.45, 7) is 7.72. The highest BCUT2D eigenvalue weighted by Crippen LogP contribution is 2.27. The second-order valence-corrected chi connectivity index (χ2v) is 6.91. The summed E-state index contributed by atoms with van der Waals surface area (Å²) in [6, 6.07) is 0. The maximum Gasteiger partial charge on any atom is 0.341 e. The van der Waals surface area contributed by atoms with E-state index in [-0.39, 0.29) is 12.9 Å². The van der Waals surface area contributed by atoms with Gasteiger partial charge >= 0.3 is 11.9 Å². The van der Waals surface area contributed by atoms with E-state index in [4.69, 9.17) is 44.3 Å². The first-order valence-electron chi connectivity index (χ1n) is 8.83. The van der Waals surface area contributed by atoms with E-state index >= 15 is 0 Å². The van der Waals surface area contributed by atoms with Crippen molar-refractivity contribution in [3.8, 4) is 0 Å². The van der Waals surface area contributed by atoms with Gasteiger partial charge in [0.05, 0.1) is 29.5 Å². The first-order chi connectivity index (χ1) is 13.7. The van der Waals surface area contributed by atoms with Gasteiger partial charge in [0, 0.05) is 25.0 Å². The number of anilines is 1. The van der Waals surface area contributed by atoms with Crippen LogP contribution in [0, 0.1) is 6.92 Å². The van der Waals surface area contributed by atoms with Crippen molar-refractivity contribution < 1.29 is 19.1 Å². The number of ether oxygens (including phenoxy) is 2. The molecule has 0 spiro atoms. The van der Waals surface area contributed by atoms with E-state index in [1.165, 1.54) is 12.4 Å². The molecule has 1 aromatic rings. The molecule has 1 atom stereocenters. The number of carbonyl (C=O) groups excluding carboxylic acids is 2. The van der Waals surface area contributed by atoms with Crippen LogP contribution in [-0.2, 0) is 14.3 Å². The Hall–Kier alpha value is -1.96. The molecular formula is C20H28Cl3N3O4. The molecule has 1 aliphatic rings. The monoisotopic (exact) mass is 479 g/mol. The third kappa shape index (κ3) is 7.07. The summed E-state index contributed by atoms with van der Waals surface area (Å²) >= 11 is 17.6. The lowest BCUT2D eigenvalue weighted by atomic mass is 10.1. The zero-order valence-corrected chi connectivity index (χ0v) is 19.1. The largest absolute Gasteiger partial charge is 0.462 e. The van der Waals surface area contributed by atoms with Crippen LogP contribution in [0.3, 0.4) is 0 Å². The predicted molar refractivity (Wildman–Crippen MR) is 122 cm³/mol. The smallest absolute Gasteiger partial charge is 0.341 e. The number of hydrogen-bond donors (Lipinski definition) is 2. The highest BCUT2D eigenvalue weighted by molar-refractivity contribution is 6.36. The van der Waals surface area contributed by atoms with E-state index in [2.05, 4.69) is 15.6 Å². The SMILES string of the molecule is C.CCOC(=O)C1=CNC(Cl)C(C)=C1Cl.CCOC(=O)c1cnc(Cl)c(C)c1NC. The van der Waals surface area contributed by atoms with Crippen LogP contribution in [0.2, 0.25) is 5.15 Å². The molecule has 0 saturated heterocycles. The zero-order valence-electron chi connectivity index (χ0n) is 16.9. The van der Waals surface area contributed by atoms with Gasteiger partial charge in [-0.05, 0) is 33.3 Å². The number of rotatable bonds is 5. The van der Waals surface area contributed by atoms with Gasteiger partial charge in [0.15, 0.2) is 0 Å². The number of hydrogen-bond acceptors (Lipinski definition) is 7. The fourth-order valence-electron chi connectivity index (χ4n) is 2.30. The lowest BCUT2D eigenvalue weighted by molar-refractivity contribution is -0.138. The molecule has 1 aliphatic heterocycles. The minimum absolute atomic E-state index is 0. The van der Waals surface area contributed by atoms with Gasteiger partial charge < -0.3 is 20.1 Å². The number of carbonyl (C=O) groups is 2. The summed E-state index contributed by atoms with van der Waals surface area (Å²) in [7, 11) is 1.72. The Morgan fingerprint density at radius 2 is 1.73 bits per heavy atom. The van der Waals surface area contributed by atoms with Crippen molar-refractivity contribution in [2.45, 2.75) is 40.6 Å². The standard InChI is InChI=1S/C10H13ClN2O2.C9H11Cl2NO2.CH4/c1-4-15-10(14)7-5-13-9(11)6(2)8(7)12-3;1-3-14-9(13)6-4-12-8(11)5(2)7(6)10;/h5H,4H2,1-3H3,(H,12,13);4,8,12H,3H2,1-2H3;1H4. The van der Waals surface area contributed by atoms with E-state index in [0.29, 0.717) is 40.2 Å². The van der Waals surface area contributed by atoms with E-state index in [0.717, 1.165) is 11.1 Å². The quantitative estimate of drug-likeness (QED) is 0.265. The summed E-state index contributed by atoms with van der Waals surface area (Å²) in [5.74, 6) is -0.831. The number of pyridine rings is 1. The lowest BCUT2D eigenvalue weighted by Gasteiger charge is -2.19. The predicted octanol–water partition coefficient (Wildman–Crippen LogP) is 5.01. The van der Waals surface area contributed by atoms with Gasteiger partial charge in [-0.2, -0.15) is 0 Å². The Balaban J connectivity index is 0.000000544. The Bertz CT molecular complexity index is 826. The Morgan fingerprint density at radius 1 is 1.17 bits per heavy atom. The van der Waals surface area contributed by atoms with Crippen LogP contribution in [0.4, 0.5) is 5.69 Å². The van der Waals surface area contributed by atoms with Crippen molar-refractivity contribution in [2.24, 2.45) is 0 Å². The molecule has 0 bridgehead atoms. The fourth-order valence-corrected chi connectivity index (χ4v) is 2.91. The number of dihydropyridines is 1. The van der Waals surface area contributed by atoms with E-state index in [1.54, 1.807) is 34.7 Å². The molecule has 0 fully saturated rings. The van der Waals surface area contributed by atoms with Crippen molar-refractivity contribution in [3.05, 3.63) is 44.9 Å². The van der Waals surface area contributed by atoms with Crippen LogP contribution in [0.1, 0.15) is 44.1 Å². The van der Waals surface area contributed by atoms with Crippen molar-refractivity contribution in [3.63, 3.8) is 0 Å². The van der Waals surface area contributed by atoms with Gasteiger partial charge in [0.2, 0.25) is 0 Å². The highest BCUT2D eigenvalue weighted by Gasteiger charge is 2.23. The number of halogens is 3. The van der Waals surface area contributed by atoms with Crippen molar-refractivity contribution in [1.29, 1.82) is 0 Å². The first-order valence-corrected chi connectivity index (χ1v) is 10.0. The molecule has 0 saturated carbocycles. The summed E-state index contributed by atoms with van der Waals surface area (Å²) in [6.07, 6.45) is 2.89. The van der Waals surface area contributed by atoms with Crippen LogP contribution < -0.4 is 10.6 Å². The molecule has 0 radical (unpaired) electrons. The van der Waals surface area contributed by atoms with Crippen LogP contribution in [0.25, 0.3) is 0 Å². The van der Waals surface area contributed by atoms with Crippen molar-refractivity contribution >= 4 is 52.4 Å². The summed E-state index contributed by atoms with van der Waals surface area (Å²) in [5.41, 5.74) is 2.49. The Morgan fingerprint density at radius 3 is 2.27 bits per heavy atom. The van der Waals surface area contributed by atoms with Crippen LogP contribution in [0.5, 0.6) is 0 Å². The van der Waals surface area contributed by atoms with Crippen LogP contribution in [0.15, 0.2) is 28.6 Å². The highest BCUT2D eigenvalue weighted by atomic mass is 35.5. The molecule has 30 heavy (non-hydrogen) atoms. The zero-order chi connectivity index (χ0) is 22.1. The Kier molecular flexibility index (Phi) is 12.5. The van der Waals surface area contributed by atoms with Gasteiger partial charge in [-0.25, -0.2) is 14.6 Å². The molecule has 168 valence electrons. The van der Waals surface area contributed by atoms with E-state index in [1.807, 2.05) is 0 Å². The Labute approximate surface area is 192 Å². The maximum absolute atomic E-state index is 11.5. The van der Waals surface area contributed by atoms with Gasteiger partial charge in [-0.3, -0.25) is 0 Å². The summed E-state index contributed by atoms with van der Waals surface area (Å²) in [4.78, 5) is 26.8. The second kappa shape index (κ2) is 13.4. The molecule has 0 aliphatic carbocycles. The topological polar surface area (TPSA) is 89.5 Å². The van der Waals surface area contributed by atoms with Crippen molar-refractivity contribution in [1.82, 2.24) is 10.3 Å². The lowest BCUT2D eigenvalue weighted by Crippen LogP contribution is -2.27. The third-order valence-electron chi connectivity index (χ3n) is 3.84. The van der Waals surface area contributed by atoms with Gasteiger partial charge in [0.25, 0.3) is 0 Å². The third-order valence-corrected chi connectivity index (χ3v) is 5.17. The molecule has 2 N–H and O–H groups in total. The van der Waals surface area contributed by atoms with Gasteiger partial charge in [-0.1, -0.05) is 42.2 Å². The first kappa shape index (κ1) is 28.0. The molecule has 2 rings (SSSR count). The number of nitrogens with zero attached hydrogens (tertiary/aromatic N) is 1. The molecule has 1 aromatic heterocycles. The normalized spacial score (nSPS) is 14.9. The molecule has 1 unspecified atom stereocenters. The minimum Gasteiger partial charge on any atom is -0.462 e. The number of aromatic nitrogens is 1. The van der Waals surface area contributed by atoms with E-state index in [9.17, 15) is 9.59 Å². The summed E-state index contributed by atoms with van der Waals surface area (Å²) < 4.78 is 9.73. The van der Waals surface area contributed by atoms with Crippen molar-refractivity contribution in [2.75, 3.05) is 25.6 Å². The molecule has 10 heteroatoms. The average Bonchev–Trinajstić information content (AvgIpc) is 2.69. The number of nitrogens with one attached hydrogen (secondary N) is 2. The molecule has 7 nitrogen and oxygen atoms in total. The maximum atomic E-state index is 11.5. The molecule has 2 heterocycles. The van der Waals surface area contributed by atoms with Crippen LogP contribution in [-0.4, -0.2) is 42.7 Å². The summed E-state index contributed by atoms with van der Waals surface area (Å²) in [5, 5.41) is 6.48. The average molecular weight is 481 g/mol. The molecule has 0 amide bonds. The number of alkyl halides is 1. The molecule has 0 aromatic carbocycles. The van der Waals surface area contributed by atoms with Gasteiger partial charge in [-0.15, -0.1) is 0 Å². The fraction of sp³-hybridized carbons (Fsp3) is 0.450. The van der Waals surface area contributed by atoms with Gasteiger partial charge in [0.1, 0.15) is 16.2 Å².